The minimum atomic E-state index is -3.23. The van der Waals surface area contributed by atoms with Crippen LogP contribution < -0.4 is 5.32 Å². The van der Waals surface area contributed by atoms with Gasteiger partial charge in [0.2, 0.25) is 15.9 Å². The molecule has 0 fully saturated rings. The fourth-order valence-electron chi connectivity index (χ4n) is 3.54. The Balaban J connectivity index is 1.46. The molecule has 2 heterocycles. The van der Waals surface area contributed by atoms with Crippen molar-refractivity contribution in [3.63, 3.8) is 0 Å². The first-order chi connectivity index (χ1) is 13.9. The molecule has 0 radical (unpaired) electrons. The lowest BCUT2D eigenvalue weighted by molar-refractivity contribution is -0.115. The lowest BCUT2D eigenvalue weighted by Crippen LogP contribution is -2.35. The summed E-state index contributed by atoms with van der Waals surface area (Å²) in [6.07, 6.45) is 5.55. The standard InChI is InChI=1S/C21H22N4O3S/c1-29(27,28)24-11-10-19-17(15-24)6-5-9-20(19)23-21(26)12-16-13-22-25(14-16)18-7-3-2-4-8-18/h2-9,13-14H,10-12,15H2,1H3,(H,23,26). The number of rotatable bonds is 5. The summed E-state index contributed by atoms with van der Waals surface area (Å²) >= 11 is 0. The molecule has 0 atom stereocenters. The Hall–Kier alpha value is -2.97. The largest absolute Gasteiger partial charge is 0.326 e. The molecule has 2 aromatic carbocycles. The summed E-state index contributed by atoms with van der Waals surface area (Å²) in [5.74, 6) is -0.128. The van der Waals surface area contributed by atoms with Gasteiger partial charge in [-0.1, -0.05) is 30.3 Å². The molecule has 8 heteroatoms. The van der Waals surface area contributed by atoms with Gasteiger partial charge in [0.1, 0.15) is 0 Å². The van der Waals surface area contributed by atoms with Crippen LogP contribution in [-0.4, -0.2) is 41.2 Å². The van der Waals surface area contributed by atoms with Gasteiger partial charge in [0, 0.05) is 25.0 Å². The molecule has 1 aliphatic rings. The highest BCUT2D eigenvalue weighted by Gasteiger charge is 2.25. The van der Waals surface area contributed by atoms with Gasteiger partial charge >= 0.3 is 0 Å². The molecular formula is C21H22N4O3S. The molecule has 0 saturated carbocycles. The first kappa shape index (κ1) is 19.4. The van der Waals surface area contributed by atoms with E-state index in [2.05, 4.69) is 10.4 Å². The maximum atomic E-state index is 12.6. The van der Waals surface area contributed by atoms with E-state index in [0.29, 0.717) is 19.5 Å². The van der Waals surface area contributed by atoms with Crippen LogP contribution >= 0.6 is 0 Å². The molecule has 150 valence electrons. The van der Waals surface area contributed by atoms with Crippen LogP contribution in [0.5, 0.6) is 0 Å². The Labute approximate surface area is 170 Å². The predicted octanol–water partition coefficient (Wildman–Crippen LogP) is 2.37. The average molecular weight is 410 g/mol. The second kappa shape index (κ2) is 7.81. The topological polar surface area (TPSA) is 84.3 Å². The number of nitrogens with zero attached hydrogens (tertiary/aromatic N) is 3. The van der Waals surface area contributed by atoms with Gasteiger partial charge in [-0.05, 0) is 41.3 Å². The molecule has 4 rings (SSSR count). The van der Waals surface area contributed by atoms with E-state index in [0.717, 1.165) is 28.1 Å². The van der Waals surface area contributed by atoms with Crippen LogP contribution in [0.1, 0.15) is 16.7 Å². The monoisotopic (exact) mass is 410 g/mol. The third kappa shape index (κ3) is 4.38. The van der Waals surface area contributed by atoms with E-state index < -0.39 is 10.0 Å². The molecule has 1 N–H and O–H groups in total. The summed E-state index contributed by atoms with van der Waals surface area (Å²) in [6, 6.07) is 15.3. The summed E-state index contributed by atoms with van der Waals surface area (Å²) in [4.78, 5) is 12.6. The Morgan fingerprint density at radius 1 is 1.14 bits per heavy atom. The average Bonchev–Trinajstić information content (AvgIpc) is 3.16. The first-order valence-electron chi connectivity index (χ1n) is 9.35. The van der Waals surface area contributed by atoms with Crippen molar-refractivity contribution in [3.8, 4) is 5.69 Å². The Morgan fingerprint density at radius 3 is 2.69 bits per heavy atom. The number of hydrogen-bond acceptors (Lipinski definition) is 4. The Kier molecular flexibility index (Phi) is 5.21. The number of para-hydroxylation sites is 1. The summed E-state index contributed by atoms with van der Waals surface area (Å²) in [5.41, 5.74) is 4.43. The number of carbonyl (C=O) groups is 1. The third-order valence-corrected chi connectivity index (χ3v) is 6.25. The minimum absolute atomic E-state index is 0.128. The number of nitrogens with one attached hydrogen (secondary N) is 1. The number of amides is 1. The van der Waals surface area contributed by atoms with Gasteiger partial charge in [-0.15, -0.1) is 0 Å². The van der Waals surface area contributed by atoms with Crippen LogP contribution in [0.4, 0.5) is 5.69 Å². The van der Waals surface area contributed by atoms with Gasteiger partial charge < -0.3 is 5.32 Å². The van der Waals surface area contributed by atoms with Crippen molar-refractivity contribution in [1.29, 1.82) is 0 Å². The smallest absolute Gasteiger partial charge is 0.228 e. The van der Waals surface area contributed by atoms with E-state index in [4.69, 9.17) is 0 Å². The van der Waals surface area contributed by atoms with E-state index in [9.17, 15) is 13.2 Å². The van der Waals surface area contributed by atoms with Crippen molar-refractivity contribution < 1.29 is 13.2 Å². The van der Waals surface area contributed by atoms with Crippen molar-refractivity contribution in [1.82, 2.24) is 14.1 Å². The Bertz CT molecular complexity index is 1140. The molecule has 0 aliphatic carbocycles. The summed E-state index contributed by atoms with van der Waals surface area (Å²) in [5, 5.41) is 7.30. The molecule has 29 heavy (non-hydrogen) atoms. The van der Waals surface area contributed by atoms with Gasteiger partial charge in [0.05, 0.1) is 24.6 Å². The van der Waals surface area contributed by atoms with Gasteiger partial charge in [0.15, 0.2) is 0 Å². The van der Waals surface area contributed by atoms with E-state index in [1.807, 2.05) is 54.7 Å². The lowest BCUT2D eigenvalue weighted by atomic mass is 9.99. The van der Waals surface area contributed by atoms with Crippen molar-refractivity contribution >= 4 is 21.6 Å². The van der Waals surface area contributed by atoms with Gasteiger partial charge in [0.25, 0.3) is 0 Å². The molecule has 0 saturated heterocycles. The summed E-state index contributed by atoms with van der Waals surface area (Å²) in [6.45, 7) is 0.754. The fraction of sp³-hybridized carbons (Fsp3) is 0.238. The van der Waals surface area contributed by atoms with E-state index in [1.165, 1.54) is 10.6 Å². The molecule has 1 amide bonds. The highest BCUT2D eigenvalue weighted by Crippen LogP contribution is 2.27. The van der Waals surface area contributed by atoms with Crippen LogP contribution in [0.2, 0.25) is 0 Å². The zero-order valence-corrected chi connectivity index (χ0v) is 16.9. The number of hydrogen-bond donors (Lipinski definition) is 1. The normalized spacial score (nSPS) is 14.4. The SMILES string of the molecule is CS(=O)(=O)N1CCc2c(cccc2NC(=O)Cc2cnn(-c3ccccc3)c2)C1. The van der Waals surface area contributed by atoms with Crippen molar-refractivity contribution in [2.75, 3.05) is 18.1 Å². The van der Waals surface area contributed by atoms with Gasteiger partial charge in [-0.3, -0.25) is 4.79 Å². The maximum absolute atomic E-state index is 12.6. The van der Waals surface area contributed by atoms with Crippen molar-refractivity contribution in [2.45, 2.75) is 19.4 Å². The molecule has 0 unspecified atom stereocenters. The molecule has 0 spiro atoms. The fourth-order valence-corrected chi connectivity index (χ4v) is 4.33. The molecule has 0 bridgehead atoms. The van der Waals surface area contributed by atoms with E-state index >= 15 is 0 Å². The van der Waals surface area contributed by atoms with Gasteiger partial charge in [-0.25, -0.2) is 13.1 Å². The number of benzene rings is 2. The number of carbonyl (C=O) groups excluding carboxylic acids is 1. The zero-order valence-electron chi connectivity index (χ0n) is 16.1. The third-order valence-electron chi connectivity index (χ3n) is 5.00. The quantitative estimate of drug-likeness (QED) is 0.700. The van der Waals surface area contributed by atoms with Gasteiger partial charge in [-0.2, -0.15) is 9.40 Å². The maximum Gasteiger partial charge on any atom is 0.228 e. The second-order valence-corrected chi connectivity index (χ2v) is 9.13. The highest BCUT2D eigenvalue weighted by atomic mass is 32.2. The van der Waals surface area contributed by atoms with Crippen LogP contribution in [0, 0.1) is 0 Å². The molecule has 1 aromatic heterocycles. The van der Waals surface area contributed by atoms with Crippen LogP contribution in [0.3, 0.4) is 0 Å². The highest BCUT2D eigenvalue weighted by molar-refractivity contribution is 7.88. The molecule has 7 nitrogen and oxygen atoms in total. The number of fused-ring (bicyclic) bond motifs is 1. The van der Waals surface area contributed by atoms with Crippen molar-refractivity contribution in [2.24, 2.45) is 0 Å². The molecule has 1 aliphatic heterocycles. The van der Waals surface area contributed by atoms with Crippen LogP contribution in [-0.2, 0) is 34.2 Å². The van der Waals surface area contributed by atoms with E-state index in [1.54, 1.807) is 10.9 Å². The Morgan fingerprint density at radius 2 is 1.93 bits per heavy atom. The van der Waals surface area contributed by atoms with Crippen LogP contribution in [0.15, 0.2) is 60.9 Å². The minimum Gasteiger partial charge on any atom is -0.326 e. The number of aromatic nitrogens is 2. The van der Waals surface area contributed by atoms with E-state index in [-0.39, 0.29) is 12.3 Å². The molecular weight excluding hydrogens is 388 g/mol. The molecule has 3 aromatic rings. The second-order valence-electron chi connectivity index (χ2n) is 7.14. The van der Waals surface area contributed by atoms with Crippen molar-refractivity contribution in [3.05, 3.63) is 77.6 Å². The summed E-state index contributed by atoms with van der Waals surface area (Å²) < 4.78 is 26.8. The van der Waals surface area contributed by atoms with Crippen LogP contribution in [0.25, 0.3) is 5.69 Å². The number of anilines is 1. The predicted molar refractivity (Wildman–Crippen MR) is 111 cm³/mol. The zero-order chi connectivity index (χ0) is 20.4. The first-order valence-corrected chi connectivity index (χ1v) is 11.2. The summed E-state index contributed by atoms with van der Waals surface area (Å²) in [7, 11) is -3.23. The number of sulfonamides is 1. The lowest BCUT2D eigenvalue weighted by Gasteiger charge is -2.28.